The molecule has 4 aromatic heterocycles. The Labute approximate surface area is 166 Å². The van der Waals surface area contributed by atoms with Crippen LogP contribution in [-0.2, 0) is 13.1 Å². The molecule has 4 heterocycles. The first-order valence-corrected chi connectivity index (χ1v) is 9.10. The average molecular weight is 395 g/mol. The van der Waals surface area contributed by atoms with Crippen LogP contribution in [0, 0.1) is 13.8 Å². The number of aryl methyl sites for hydroxylation is 2. The minimum Gasteiger partial charge on any atom is -0.343 e. The maximum atomic E-state index is 13.2. The van der Waals surface area contributed by atoms with Crippen LogP contribution in [0.3, 0.4) is 0 Å². The molecule has 0 saturated heterocycles. The van der Waals surface area contributed by atoms with Crippen molar-refractivity contribution < 1.29 is 8.78 Å². The van der Waals surface area contributed by atoms with Gasteiger partial charge in [-0.05, 0) is 50.2 Å². The fraction of sp³-hybridized carbons (Fsp3) is 0.250. The lowest BCUT2D eigenvalue weighted by Gasteiger charge is -2.23. The Balaban J connectivity index is 1.74. The Morgan fingerprint density at radius 1 is 0.862 bits per heavy atom. The van der Waals surface area contributed by atoms with E-state index in [9.17, 15) is 8.78 Å². The molecule has 0 radical (unpaired) electrons. The molecule has 9 heteroatoms. The molecule has 0 amide bonds. The highest BCUT2D eigenvalue weighted by molar-refractivity contribution is 5.46. The molecule has 0 atom stereocenters. The first-order chi connectivity index (χ1) is 14.0. The van der Waals surface area contributed by atoms with E-state index in [1.165, 1.54) is 0 Å². The molecule has 4 rings (SSSR count). The predicted molar refractivity (Wildman–Crippen MR) is 104 cm³/mol. The second-order valence-corrected chi connectivity index (χ2v) is 6.72. The van der Waals surface area contributed by atoms with Crippen LogP contribution in [0.5, 0.6) is 0 Å². The number of hydrogen-bond acceptors (Lipinski definition) is 6. The molecular weight excluding hydrogens is 376 g/mol. The molecule has 0 unspecified atom stereocenters. The minimum atomic E-state index is -2.77. The van der Waals surface area contributed by atoms with Gasteiger partial charge >= 0.3 is 0 Å². The van der Waals surface area contributed by atoms with Gasteiger partial charge in [-0.15, -0.1) is 15.3 Å². The molecule has 0 bridgehead atoms. The summed E-state index contributed by atoms with van der Waals surface area (Å²) in [5, 5.41) is 11.7. The number of anilines is 1. The first kappa shape index (κ1) is 18.9. The van der Waals surface area contributed by atoms with Crippen molar-refractivity contribution in [2.24, 2.45) is 0 Å². The lowest BCUT2D eigenvalue weighted by molar-refractivity contribution is 0.137. The Bertz CT molecular complexity index is 1100. The van der Waals surface area contributed by atoms with Gasteiger partial charge in [0, 0.05) is 11.4 Å². The maximum Gasteiger partial charge on any atom is 0.299 e. The highest BCUT2D eigenvalue weighted by atomic mass is 19.3. The summed E-state index contributed by atoms with van der Waals surface area (Å²) in [4.78, 5) is 11.1. The van der Waals surface area contributed by atoms with Gasteiger partial charge in [0.15, 0.2) is 5.65 Å². The fourth-order valence-electron chi connectivity index (χ4n) is 3.08. The molecule has 0 saturated carbocycles. The van der Waals surface area contributed by atoms with Gasteiger partial charge in [-0.2, -0.15) is 4.52 Å². The number of fused-ring (bicyclic) bond motifs is 1. The minimum absolute atomic E-state index is 0.270. The number of nitrogens with zero attached hydrogens (tertiary/aromatic N) is 7. The number of aromatic nitrogens is 6. The topological polar surface area (TPSA) is 72.1 Å². The third kappa shape index (κ3) is 4.18. The third-order valence-electron chi connectivity index (χ3n) is 4.39. The Hall–Kier alpha value is -3.49. The van der Waals surface area contributed by atoms with Gasteiger partial charge in [0.2, 0.25) is 5.82 Å². The molecule has 0 aliphatic carbocycles. The molecule has 148 valence electrons. The van der Waals surface area contributed by atoms with Gasteiger partial charge in [-0.25, -0.2) is 8.78 Å². The molecular formula is C20H19F2N7. The molecule has 29 heavy (non-hydrogen) atoms. The SMILES string of the molecule is Cc1cccc(CN(Cc2cccc(C)n2)c2ccc3nnc(C(F)F)n3n2)n1. The second-order valence-electron chi connectivity index (χ2n) is 6.72. The highest BCUT2D eigenvalue weighted by Gasteiger charge is 2.19. The molecule has 0 spiro atoms. The summed E-state index contributed by atoms with van der Waals surface area (Å²) in [5.74, 6) is 0.0231. The van der Waals surface area contributed by atoms with E-state index in [-0.39, 0.29) is 5.65 Å². The van der Waals surface area contributed by atoms with E-state index < -0.39 is 12.2 Å². The van der Waals surface area contributed by atoms with Crippen LogP contribution in [0.15, 0.2) is 48.5 Å². The van der Waals surface area contributed by atoms with Gasteiger partial charge in [-0.1, -0.05) is 12.1 Å². The van der Waals surface area contributed by atoms with Crippen LogP contribution >= 0.6 is 0 Å². The Morgan fingerprint density at radius 3 is 2.03 bits per heavy atom. The normalized spacial score (nSPS) is 11.3. The van der Waals surface area contributed by atoms with Gasteiger partial charge in [0.1, 0.15) is 5.82 Å². The zero-order chi connectivity index (χ0) is 20.4. The summed E-state index contributed by atoms with van der Waals surface area (Å²) < 4.78 is 27.6. The van der Waals surface area contributed by atoms with Crippen LogP contribution < -0.4 is 4.90 Å². The summed E-state index contributed by atoms with van der Waals surface area (Å²) in [7, 11) is 0. The molecule has 0 aliphatic rings. The number of hydrogen-bond donors (Lipinski definition) is 0. The van der Waals surface area contributed by atoms with Gasteiger partial charge in [0.05, 0.1) is 24.5 Å². The highest BCUT2D eigenvalue weighted by Crippen LogP contribution is 2.21. The lowest BCUT2D eigenvalue weighted by Crippen LogP contribution is -2.25. The molecule has 0 N–H and O–H groups in total. The van der Waals surface area contributed by atoms with E-state index in [1.54, 1.807) is 12.1 Å². The number of alkyl halides is 2. The van der Waals surface area contributed by atoms with Crippen molar-refractivity contribution in [3.05, 3.63) is 77.1 Å². The van der Waals surface area contributed by atoms with Crippen LogP contribution in [0.4, 0.5) is 14.6 Å². The molecule has 0 aromatic carbocycles. The van der Waals surface area contributed by atoms with Crippen molar-refractivity contribution >= 4 is 11.5 Å². The third-order valence-corrected chi connectivity index (χ3v) is 4.39. The van der Waals surface area contributed by atoms with Crippen molar-refractivity contribution in [3.63, 3.8) is 0 Å². The van der Waals surface area contributed by atoms with Crippen LogP contribution in [0.1, 0.15) is 35.0 Å². The van der Waals surface area contributed by atoms with Crippen molar-refractivity contribution in [2.45, 2.75) is 33.4 Å². The van der Waals surface area contributed by atoms with E-state index in [1.807, 2.05) is 55.1 Å². The van der Waals surface area contributed by atoms with Crippen molar-refractivity contribution in [2.75, 3.05) is 4.90 Å². The zero-order valence-electron chi connectivity index (χ0n) is 16.0. The second kappa shape index (κ2) is 7.86. The fourth-order valence-corrected chi connectivity index (χ4v) is 3.08. The number of rotatable bonds is 6. The van der Waals surface area contributed by atoms with E-state index in [4.69, 9.17) is 0 Å². The van der Waals surface area contributed by atoms with Crippen molar-refractivity contribution in [1.82, 2.24) is 29.8 Å². The Morgan fingerprint density at radius 2 is 1.48 bits per heavy atom. The van der Waals surface area contributed by atoms with Gasteiger partial charge in [0.25, 0.3) is 6.43 Å². The average Bonchev–Trinajstić information content (AvgIpc) is 3.11. The van der Waals surface area contributed by atoms with E-state index in [0.717, 1.165) is 27.3 Å². The largest absolute Gasteiger partial charge is 0.343 e. The lowest BCUT2D eigenvalue weighted by atomic mass is 10.2. The molecule has 4 aromatic rings. The predicted octanol–water partition coefficient (Wildman–Crippen LogP) is 3.68. The summed E-state index contributed by atoms with van der Waals surface area (Å²) in [5.41, 5.74) is 3.76. The summed E-state index contributed by atoms with van der Waals surface area (Å²) >= 11 is 0. The standard InChI is InChI=1S/C20H19F2N7/c1-13-5-3-7-15(23-13)11-28(12-16-8-4-6-14(2)24-16)18-10-9-17-25-26-20(19(21)22)29(17)27-18/h3-10,19H,11-12H2,1-2H3. The molecule has 7 nitrogen and oxygen atoms in total. The summed E-state index contributed by atoms with van der Waals surface area (Å²) in [6.07, 6.45) is -2.77. The van der Waals surface area contributed by atoms with E-state index in [0.29, 0.717) is 18.9 Å². The summed E-state index contributed by atoms with van der Waals surface area (Å²) in [6.45, 7) is 4.74. The van der Waals surface area contributed by atoms with Gasteiger partial charge < -0.3 is 4.90 Å². The number of halogens is 2. The summed E-state index contributed by atoms with van der Waals surface area (Å²) in [6, 6.07) is 14.9. The van der Waals surface area contributed by atoms with Crippen molar-refractivity contribution in [3.8, 4) is 0 Å². The van der Waals surface area contributed by atoms with Crippen LogP contribution in [-0.4, -0.2) is 29.8 Å². The smallest absolute Gasteiger partial charge is 0.299 e. The van der Waals surface area contributed by atoms with Crippen LogP contribution in [0.2, 0.25) is 0 Å². The monoisotopic (exact) mass is 395 g/mol. The van der Waals surface area contributed by atoms with Crippen LogP contribution in [0.25, 0.3) is 5.65 Å². The van der Waals surface area contributed by atoms with E-state index in [2.05, 4.69) is 25.3 Å². The molecule has 0 fully saturated rings. The quantitative estimate of drug-likeness (QED) is 0.496. The van der Waals surface area contributed by atoms with E-state index >= 15 is 0 Å². The van der Waals surface area contributed by atoms with Crippen molar-refractivity contribution in [1.29, 1.82) is 0 Å². The number of pyridine rings is 2. The molecule has 0 aliphatic heterocycles. The van der Waals surface area contributed by atoms with Gasteiger partial charge in [-0.3, -0.25) is 9.97 Å². The first-order valence-electron chi connectivity index (χ1n) is 9.10. The Kier molecular flexibility index (Phi) is 5.11. The zero-order valence-corrected chi connectivity index (χ0v) is 16.0. The maximum absolute atomic E-state index is 13.2.